The van der Waals surface area contributed by atoms with E-state index in [2.05, 4.69) is 0 Å². The maximum Gasteiger partial charge on any atom is 0.316 e. The monoisotopic (exact) mass is 251 g/mol. The van der Waals surface area contributed by atoms with Gasteiger partial charge in [0, 0.05) is 20.0 Å². The van der Waals surface area contributed by atoms with Crippen LogP contribution in [0.5, 0.6) is 0 Å². The molecular weight excluding hydrogens is 237 g/mol. The third-order valence-corrected chi connectivity index (χ3v) is 3.52. The molecular formula is C13H14FNO3. The van der Waals surface area contributed by atoms with E-state index in [0.29, 0.717) is 18.5 Å². The summed E-state index contributed by atoms with van der Waals surface area (Å²) in [5.74, 6) is -1.51. The highest BCUT2D eigenvalue weighted by Gasteiger charge is 2.47. The molecule has 0 spiro atoms. The summed E-state index contributed by atoms with van der Waals surface area (Å²) < 4.78 is 12.9. The van der Waals surface area contributed by atoms with E-state index in [4.69, 9.17) is 0 Å². The molecule has 96 valence electrons. The average Bonchev–Trinajstić information content (AvgIpc) is 2.76. The Hall–Kier alpha value is -1.91. The molecule has 1 N–H and O–H groups in total. The van der Waals surface area contributed by atoms with Gasteiger partial charge >= 0.3 is 5.97 Å². The Morgan fingerprint density at radius 3 is 2.39 bits per heavy atom. The maximum absolute atomic E-state index is 12.9. The van der Waals surface area contributed by atoms with Crippen molar-refractivity contribution in [3.63, 3.8) is 0 Å². The largest absolute Gasteiger partial charge is 0.481 e. The van der Waals surface area contributed by atoms with E-state index >= 15 is 0 Å². The van der Waals surface area contributed by atoms with Crippen molar-refractivity contribution in [1.29, 1.82) is 0 Å². The molecule has 1 aromatic carbocycles. The lowest BCUT2D eigenvalue weighted by Gasteiger charge is -2.25. The van der Waals surface area contributed by atoms with Crippen LogP contribution in [0, 0.1) is 5.82 Å². The number of hydrogen-bond donors (Lipinski definition) is 1. The van der Waals surface area contributed by atoms with E-state index in [1.54, 1.807) is 0 Å². The molecule has 1 aromatic rings. The lowest BCUT2D eigenvalue weighted by atomic mass is 9.80. The molecule has 18 heavy (non-hydrogen) atoms. The molecule has 0 radical (unpaired) electrons. The lowest BCUT2D eigenvalue weighted by Crippen LogP contribution is -2.39. The molecule has 0 aliphatic carbocycles. The van der Waals surface area contributed by atoms with Crippen molar-refractivity contribution in [2.24, 2.45) is 0 Å². The predicted molar refractivity (Wildman–Crippen MR) is 62.6 cm³/mol. The number of carboxylic acids is 1. The van der Waals surface area contributed by atoms with E-state index in [0.717, 1.165) is 0 Å². The smallest absolute Gasteiger partial charge is 0.316 e. The Balaban J connectivity index is 2.38. The Morgan fingerprint density at radius 1 is 1.33 bits per heavy atom. The SMILES string of the molecule is CC(=O)N1CCC(C(=O)O)(c2ccc(F)cc2)C1. The number of rotatable bonds is 2. The van der Waals surface area contributed by atoms with Crippen LogP contribution in [0.4, 0.5) is 4.39 Å². The summed E-state index contributed by atoms with van der Waals surface area (Å²) in [6.45, 7) is 1.98. The van der Waals surface area contributed by atoms with E-state index in [-0.39, 0.29) is 12.5 Å². The van der Waals surface area contributed by atoms with Crippen LogP contribution in [0.1, 0.15) is 18.9 Å². The third-order valence-electron chi connectivity index (χ3n) is 3.52. The number of carboxylic acid groups (broad SMARTS) is 1. The van der Waals surface area contributed by atoms with Crippen LogP contribution in [-0.4, -0.2) is 35.0 Å². The van der Waals surface area contributed by atoms with Crippen LogP contribution in [-0.2, 0) is 15.0 Å². The van der Waals surface area contributed by atoms with Crippen molar-refractivity contribution >= 4 is 11.9 Å². The third kappa shape index (κ3) is 1.96. The number of halogens is 1. The first-order valence-corrected chi connectivity index (χ1v) is 5.71. The Labute approximate surface area is 104 Å². The summed E-state index contributed by atoms with van der Waals surface area (Å²) in [6.07, 6.45) is 0.355. The second-order valence-corrected chi connectivity index (χ2v) is 4.58. The van der Waals surface area contributed by atoms with E-state index in [1.165, 1.54) is 36.1 Å². The van der Waals surface area contributed by atoms with Gasteiger partial charge in [0.05, 0.1) is 0 Å². The predicted octanol–water partition coefficient (Wildman–Crippen LogP) is 1.40. The molecule has 1 unspecified atom stereocenters. The highest BCUT2D eigenvalue weighted by Crippen LogP contribution is 2.35. The molecule has 1 saturated heterocycles. The van der Waals surface area contributed by atoms with E-state index in [1.807, 2.05) is 0 Å². The van der Waals surface area contributed by atoms with Crippen molar-refractivity contribution in [3.8, 4) is 0 Å². The Morgan fingerprint density at radius 2 is 1.94 bits per heavy atom. The van der Waals surface area contributed by atoms with Crippen LogP contribution in [0.2, 0.25) is 0 Å². The van der Waals surface area contributed by atoms with Gasteiger partial charge in [0.2, 0.25) is 5.91 Å². The van der Waals surface area contributed by atoms with Crippen molar-refractivity contribution in [1.82, 2.24) is 4.90 Å². The molecule has 1 atom stereocenters. The highest BCUT2D eigenvalue weighted by atomic mass is 19.1. The summed E-state index contributed by atoms with van der Waals surface area (Å²) in [7, 11) is 0. The van der Waals surface area contributed by atoms with E-state index < -0.39 is 17.2 Å². The maximum atomic E-state index is 12.9. The van der Waals surface area contributed by atoms with Crippen LogP contribution in [0.25, 0.3) is 0 Å². The normalized spacial score (nSPS) is 23.1. The van der Waals surface area contributed by atoms with Crippen molar-refractivity contribution in [2.45, 2.75) is 18.8 Å². The van der Waals surface area contributed by atoms with Gasteiger partial charge in [-0.1, -0.05) is 12.1 Å². The summed E-state index contributed by atoms with van der Waals surface area (Å²) in [4.78, 5) is 24.4. The van der Waals surface area contributed by atoms with Crippen LogP contribution in [0.15, 0.2) is 24.3 Å². The molecule has 1 heterocycles. The van der Waals surface area contributed by atoms with Gasteiger partial charge in [0.15, 0.2) is 0 Å². The molecule has 0 aromatic heterocycles. The second kappa shape index (κ2) is 4.40. The van der Waals surface area contributed by atoms with Crippen molar-refractivity contribution in [3.05, 3.63) is 35.6 Å². The molecule has 1 fully saturated rings. The van der Waals surface area contributed by atoms with Crippen molar-refractivity contribution in [2.75, 3.05) is 13.1 Å². The second-order valence-electron chi connectivity index (χ2n) is 4.58. The lowest BCUT2D eigenvalue weighted by molar-refractivity contribution is -0.143. The van der Waals surface area contributed by atoms with Gasteiger partial charge in [-0.15, -0.1) is 0 Å². The van der Waals surface area contributed by atoms with Gasteiger partial charge in [0.25, 0.3) is 0 Å². The molecule has 0 saturated carbocycles. The zero-order valence-electron chi connectivity index (χ0n) is 10.0. The minimum absolute atomic E-state index is 0.139. The number of nitrogens with zero attached hydrogens (tertiary/aromatic N) is 1. The van der Waals surface area contributed by atoms with Crippen LogP contribution >= 0.6 is 0 Å². The van der Waals surface area contributed by atoms with Gasteiger partial charge in [-0.05, 0) is 24.1 Å². The van der Waals surface area contributed by atoms with Gasteiger partial charge < -0.3 is 10.0 Å². The van der Waals surface area contributed by atoms with Gasteiger partial charge in [0.1, 0.15) is 11.2 Å². The number of benzene rings is 1. The topological polar surface area (TPSA) is 57.6 Å². The fourth-order valence-corrected chi connectivity index (χ4v) is 2.38. The van der Waals surface area contributed by atoms with Crippen molar-refractivity contribution < 1.29 is 19.1 Å². The number of carbonyl (C=O) groups is 2. The number of carbonyl (C=O) groups excluding carboxylic acids is 1. The molecule has 1 aliphatic rings. The average molecular weight is 251 g/mol. The molecule has 4 nitrogen and oxygen atoms in total. The number of likely N-dealkylation sites (tertiary alicyclic amines) is 1. The fraction of sp³-hybridized carbons (Fsp3) is 0.385. The zero-order chi connectivity index (χ0) is 13.3. The Bertz CT molecular complexity index is 486. The molecule has 1 amide bonds. The number of aliphatic carboxylic acids is 1. The van der Waals surface area contributed by atoms with Gasteiger partial charge in [-0.2, -0.15) is 0 Å². The fourth-order valence-electron chi connectivity index (χ4n) is 2.38. The summed E-state index contributed by atoms with van der Waals surface area (Å²) >= 11 is 0. The van der Waals surface area contributed by atoms with E-state index in [9.17, 15) is 19.1 Å². The zero-order valence-corrected chi connectivity index (χ0v) is 10.0. The minimum atomic E-state index is -1.11. The number of amides is 1. The molecule has 2 rings (SSSR count). The minimum Gasteiger partial charge on any atom is -0.481 e. The first-order chi connectivity index (χ1) is 8.45. The van der Waals surface area contributed by atoms with Gasteiger partial charge in [-0.25, -0.2) is 4.39 Å². The number of hydrogen-bond acceptors (Lipinski definition) is 2. The Kier molecular flexibility index (Phi) is 3.07. The highest BCUT2D eigenvalue weighted by molar-refractivity contribution is 5.84. The summed E-state index contributed by atoms with van der Waals surface area (Å²) in [6, 6.07) is 5.45. The first kappa shape index (κ1) is 12.5. The standard InChI is InChI=1S/C13H14FNO3/c1-9(16)15-7-6-13(8-15,12(17)18)10-2-4-11(14)5-3-10/h2-5H,6-8H2,1H3,(H,17,18). The van der Waals surface area contributed by atoms with Crippen LogP contribution < -0.4 is 0 Å². The summed E-state index contributed by atoms with van der Waals surface area (Å²) in [5, 5.41) is 9.45. The van der Waals surface area contributed by atoms with Crippen LogP contribution in [0.3, 0.4) is 0 Å². The first-order valence-electron chi connectivity index (χ1n) is 5.71. The molecule has 5 heteroatoms. The quantitative estimate of drug-likeness (QED) is 0.864. The summed E-state index contributed by atoms with van der Waals surface area (Å²) in [5.41, 5.74) is -0.570. The van der Waals surface area contributed by atoms with Gasteiger partial charge in [-0.3, -0.25) is 9.59 Å². The molecule has 1 aliphatic heterocycles. The molecule has 0 bridgehead atoms.